The van der Waals surface area contributed by atoms with Crippen molar-refractivity contribution in [2.24, 2.45) is 0 Å². The van der Waals surface area contributed by atoms with Crippen LogP contribution in [0.25, 0.3) is 10.9 Å². The Labute approximate surface area is 181 Å². The standard InChI is InChI=1S/C21H31N3O7/c1-22-21(26)31-15-14-30-13-12-29-11-10-28-9-8-27-7-6-23-20(25)19-16-17-4-2-3-5-18(17)24-19/h2-5,16,24H,6-15H2,1H3,(H,22,26)(H,23,25). The fourth-order valence-electron chi connectivity index (χ4n) is 2.55. The van der Waals surface area contributed by atoms with Crippen molar-refractivity contribution in [3.8, 4) is 0 Å². The number of carbonyl (C=O) groups excluding carboxylic acids is 2. The minimum Gasteiger partial charge on any atom is -0.447 e. The molecule has 172 valence electrons. The van der Waals surface area contributed by atoms with Crippen LogP contribution in [0.1, 0.15) is 10.5 Å². The Morgan fingerprint density at radius 3 is 2.03 bits per heavy atom. The van der Waals surface area contributed by atoms with E-state index in [9.17, 15) is 9.59 Å². The van der Waals surface area contributed by atoms with Crippen LogP contribution < -0.4 is 10.6 Å². The molecule has 10 heteroatoms. The van der Waals surface area contributed by atoms with Gasteiger partial charge in [0.05, 0.1) is 52.9 Å². The molecule has 0 atom stereocenters. The maximum atomic E-state index is 12.1. The number of nitrogens with one attached hydrogen (secondary N) is 3. The van der Waals surface area contributed by atoms with Crippen LogP contribution >= 0.6 is 0 Å². The van der Waals surface area contributed by atoms with E-state index in [1.807, 2.05) is 30.3 Å². The molecule has 2 aromatic rings. The van der Waals surface area contributed by atoms with E-state index in [1.54, 1.807) is 0 Å². The van der Waals surface area contributed by atoms with Gasteiger partial charge >= 0.3 is 6.09 Å². The van der Waals surface area contributed by atoms with Gasteiger partial charge in [-0.15, -0.1) is 0 Å². The Morgan fingerprint density at radius 2 is 1.42 bits per heavy atom. The average Bonchev–Trinajstić information content (AvgIpc) is 3.23. The van der Waals surface area contributed by atoms with Crippen LogP contribution in [0.2, 0.25) is 0 Å². The summed E-state index contributed by atoms with van der Waals surface area (Å²) in [5.74, 6) is -0.156. The van der Waals surface area contributed by atoms with E-state index >= 15 is 0 Å². The molecular formula is C21H31N3O7. The Bertz CT molecular complexity index is 748. The van der Waals surface area contributed by atoms with Gasteiger partial charge in [-0.1, -0.05) is 18.2 Å². The highest BCUT2D eigenvalue weighted by Gasteiger charge is 2.08. The van der Waals surface area contributed by atoms with E-state index in [2.05, 4.69) is 15.6 Å². The predicted molar refractivity (Wildman–Crippen MR) is 114 cm³/mol. The first-order chi connectivity index (χ1) is 15.2. The summed E-state index contributed by atoms with van der Waals surface area (Å²) in [6.07, 6.45) is -0.476. The molecule has 0 aliphatic rings. The molecule has 0 aliphatic carbocycles. The van der Waals surface area contributed by atoms with Crippen molar-refractivity contribution in [3.05, 3.63) is 36.0 Å². The summed E-state index contributed by atoms with van der Waals surface area (Å²) in [5, 5.41) is 6.17. The molecule has 0 bridgehead atoms. The Hall–Kier alpha value is -2.66. The van der Waals surface area contributed by atoms with Crippen molar-refractivity contribution in [2.75, 3.05) is 73.1 Å². The van der Waals surface area contributed by atoms with E-state index in [4.69, 9.17) is 23.7 Å². The molecule has 1 aromatic heterocycles. The van der Waals surface area contributed by atoms with Crippen LogP contribution in [0.4, 0.5) is 4.79 Å². The Balaban J connectivity index is 1.34. The lowest BCUT2D eigenvalue weighted by atomic mass is 10.2. The summed E-state index contributed by atoms with van der Waals surface area (Å²) >= 11 is 0. The summed E-state index contributed by atoms with van der Waals surface area (Å²) < 4.78 is 26.2. The highest BCUT2D eigenvalue weighted by atomic mass is 16.6. The largest absolute Gasteiger partial charge is 0.447 e. The average molecular weight is 437 g/mol. The lowest BCUT2D eigenvalue weighted by Crippen LogP contribution is -2.27. The number of amides is 2. The maximum Gasteiger partial charge on any atom is 0.406 e. The van der Waals surface area contributed by atoms with E-state index in [-0.39, 0.29) is 12.5 Å². The molecule has 0 saturated carbocycles. The van der Waals surface area contributed by atoms with Crippen molar-refractivity contribution in [1.82, 2.24) is 15.6 Å². The third-order valence-corrected chi connectivity index (χ3v) is 4.09. The third kappa shape index (κ3) is 10.3. The van der Waals surface area contributed by atoms with Crippen LogP contribution in [0.5, 0.6) is 0 Å². The van der Waals surface area contributed by atoms with Crippen LogP contribution in [-0.4, -0.2) is 90.0 Å². The van der Waals surface area contributed by atoms with E-state index < -0.39 is 6.09 Å². The van der Waals surface area contributed by atoms with Crippen molar-refractivity contribution >= 4 is 22.9 Å². The fraction of sp³-hybridized carbons (Fsp3) is 0.524. The molecular weight excluding hydrogens is 406 g/mol. The fourth-order valence-corrected chi connectivity index (χ4v) is 2.55. The first kappa shape index (κ1) is 24.6. The Morgan fingerprint density at radius 1 is 0.839 bits per heavy atom. The van der Waals surface area contributed by atoms with Crippen LogP contribution in [0, 0.1) is 0 Å². The SMILES string of the molecule is CNC(=O)OCCOCCOCCOCCOCCNC(=O)c1cc2ccccc2[nH]1. The number of alkyl carbamates (subject to hydrolysis) is 1. The second-order valence-corrected chi connectivity index (χ2v) is 6.36. The van der Waals surface area contributed by atoms with Gasteiger partial charge in [0.15, 0.2) is 0 Å². The second kappa shape index (κ2) is 15.2. The van der Waals surface area contributed by atoms with Gasteiger partial charge in [-0.05, 0) is 12.1 Å². The summed E-state index contributed by atoms with van der Waals surface area (Å²) in [6, 6.07) is 9.57. The van der Waals surface area contributed by atoms with E-state index in [1.165, 1.54) is 7.05 Å². The molecule has 0 fully saturated rings. The van der Waals surface area contributed by atoms with Crippen LogP contribution in [-0.2, 0) is 23.7 Å². The van der Waals surface area contributed by atoms with Crippen molar-refractivity contribution in [3.63, 3.8) is 0 Å². The zero-order valence-electron chi connectivity index (χ0n) is 17.8. The van der Waals surface area contributed by atoms with Gasteiger partial charge in [-0.2, -0.15) is 0 Å². The molecule has 2 amide bonds. The third-order valence-electron chi connectivity index (χ3n) is 4.09. The number of benzene rings is 1. The summed E-state index contributed by atoms with van der Waals surface area (Å²) in [6.45, 7) is 4.03. The molecule has 0 spiro atoms. The molecule has 2 rings (SSSR count). The summed E-state index contributed by atoms with van der Waals surface area (Å²) in [5.41, 5.74) is 1.47. The number of aromatic nitrogens is 1. The van der Waals surface area contributed by atoms with Crippen molar-refractivity contribution in [2.45, 2.75) is 0 Å². The highest BCUT2D eigenvalue weighted by Crippen LogP contribution is 2.14. The first-order valence-corrected chi connectivity index (χ1v) is 10.2. The van der Waals surface area contributed by atoms with Crippen molar-refractivity contribution in [1.29, 1.82) is 0 Å². The number of hydrogen-bond donors (Lipinski definition) is 3. The molecule has 0 unspecified atom stereocenters. The quantitative estimate of drug-likeness (QED) is 0.339. The first-order valence-electron chi connectivity index (χ1n) is 10.2. The molecule has 0 saturated heterocycles. The lowest BCUT2D eigenvalue weighted by Gasteiger charge is -2.08. The van der Waals surface area contributed by atoms with E-state index in [0.717, 1.165) is 10.9 Å². The topological polar surface area (TPSA) is 120 Å². The van der Waals surface area contributed by atoms with Crippen LogP contribution in [0.3, 0.4) is 0 Å². The minimum absolute atomic E-state index is 0.156. The zero-order chi connectivity index (χ0) is 22.2. The summed E-state index contributed by atoms with van der Waals surface area (Å²) in [7, 11) is 1.50. The normalized spacial score (nSPS) is 10.9. The predicted octanol–water partition coefficient (Wildman–Crippen LogP) is 1.32. The van der Waals surface area contributed by atoms with Gasteiger partial charge in [0.2, 0.25) is 0 Å². The van der Waals surface area contributed by atoms with Crippen LogP contribution in [0.15, 0.2) is 30.3 Å². The van der Waals surface area contributed by atoms with Gasteiger partial charge in [-0.3, -0.25) is 4.79 Å². The highest BCUT2D eigenvalue weighted by molar-refractivity contribution is 5.97. The van der Waals surface area contributed by atoms with Gasteiger partial charge in [0, 0.05) is 24.5 Å². The van der Waals surface area contributed by atoms with Gasteiger partial charge in [-0.25, -0.2) is 4.79 Å². The Kier molecular flexibility index (Phi) is 12.1. The summed E-state index contributed by atoms with van der Waals surface area (Å²) in [4.78, 5) is 26.0. The zero-order valence-corrected chi connectivity index (χ0v) is 17.8. The smallest absolute Gasteiger partial charge is 0.406 e. The number of aromatic amines is 1. The number of fused-ring (bicyclic) bond motifs is 1. The number of para-hydroxylation sites is 1. The number of rotatable bonds is 16. The number of H-pyrrole nitrogens is 1. The monoisotopic (exact) mass is 437 g/mol. The van der Waals surface area contributed by atoms with Gasteiger partial charge in [0.25, 0.3) is 5.91 Å². The van der Waals surface area contributed by atoms with Gasteiger partial charge in [0.1, 0.15) is 12.3 Å². The molecule has 1 heterocycles. The van der Waals surface area contributed by atoms with Crippen molar-refractivity contribution < 1.29 is 33.3 Å². The number of carbonyl (C=O) groups is 2. The molecule has 10 nitrogen and oxygen atoms in total. The molecule has 1 aromatic carbocycles. The van der Waals surface area contributed by atoms with Gasteiger partial charge < -0.3 is 39.3 Å². The molecule has 0 aliphatic heterocycles. The van der Waals surface area contributed by atoms with E-state index in [0.29, 0.717) is 65.1 Å². The minimum atomic E-state index is -0.476. The molecule has 3 N–H and O–H groups in total. The molecule has 31 heavy (non-hydrogen) atoms. The lowest BCUT2D eigenvalue weighted by molar-refractivity contribution is -0.00612. The number of hydrogen-bond acceptors (Lipinski definition) is 7. The molecule has 0 radical (unpaired) electrons. The maximum absolute atomic E-state index is 12.1. The second-order valence-electron chi connectivity index (χ2n) is 6.36. The number of ether oxygens (including phenoxy) is 5.